The second-order valence-electron chi connectivity index (χ2n) is 6.37. The van der Waals surface area contributed by atoms with Crippen molar-refractivity contribution in [2.24, 2.45) is 0 Å². The zero-order valence-electron chi connectivity index (χ0n) is 15.1. The molecule has 0 unspecified atom stereocenters. The van der Waals surface area contributed by atoms with E-state index < -0.39 is 0 Å². The summed E-state index contributed by atoms with van der Waals surface area (Å²) in [6.07, 6.45) is 1.68. The standard InChI is InChI=1S/C19H19BrN4O3/c1-12-14-11-13(20)3-4-15(14)27-17(12)18(25)23-7-9-24(10-8-23)19-21-6-5-16(22-19)26-2/h3-6,11H,7-10H2,1-2H3. The number of hydrogen-bond donors (Lipinski definition) is 0. The lowest BCUT2D eigenvalue weighted by Crippen LogP contribution is -2.49. The van der Waals surface area contributed by atoms with E-state index in [4.69, 9.17) is 9.15 Å². The van der Waals surface area contributed by atoms with Gasteiger partial charge in [-0.3, -0.25) is 4.79 Å². The molecule has 0 saturated carbocycles. The molecule has 1 saturated heterocycles. The molecule has 4 rings (SSSR count). The van der Waals surface area contributed by atoms with Crippen molar-refractivity contribution in [1.82, 2.24) is 14.9 Å². The van der Waals surface area contributed by atoms with Crippen molar-refractivity contribution in [3.63, 3.8) is 0 Å². The molecule has 3 aromatic rings. The smallest absolute Gasteiger partial charge is 0.290 e. The molecule has 2 aromatic heterocycles. The van der Waals surface area contributed by atoms with Crippen molar-refractivity contribution in [3.05, 3.63) is 46.3 Å². The number of piperazine rings is 1. The van der Waals surface area contributed by atoms with E-state index >= 15 is 0 Å². The van der Waals surface area contributed by atoms with E-state index in [1.165, 1.54) is 0 Å². The van der Waals surface area contributed by atoms with E-state index in [1.54, 1.807) is 19.4 Å². The van der Waals surface area contributed by atoms with Crippen LogP contribution < -0.4 is 9.64 Å². The van der Waals surface area contributed by atoms with E-state index in [-0.39, 0.29) is 5.91 Å². The molecule has 0 N–H and O–H groups in total. The zero-order valence-corrected chi connectivity index (χ0v) is 16.7. The van der Waals surface area contributed by atoms with Gasteiger partial charge in [0.2, 0.25) is 11.8 Å². The molecule has 1 aliphatic rings. The summed E-state index contributed by atoms with van der Waals surface area (Å²) >= 11 is 3.47. The number of aryl methyl sites for hydroxylation is 1. The number of halogens is 1. The Morgan fingerprint density at radius 1 is 1.22 bits per heavy atom. The summed E-state index contributed by atoms with van der Waals surface area (Å²) in [5, 5.41) is 0.955. The topological polar surface area (TPSA) is 71.7 Å². The average Bonchev–Trinajstić information content (AvgIpc) is 3.03. The first-order valence-electron chi connectivity index (χ1n) is 8.66. The van der Waals surface area contributed by atoms with Crippen LogP contribution in [0.2, 0.25) is 0 Å². The van der Waals surface area contributed by atoms with Crippen LogP contribution in [0.3, 0.4) is 0 Å². The molecule has 0 aliphatic carbocycles. The lowest BCUT2D eigenvalue weighted by Gasteiger charge is -2.34. The van der Waals surface area contributed by atoms with Gasteiger partial charge in [-0.25, -0.2) is 4.98 Å². The van der Waals surface area contributed by atoms with Gasteiger partial charge in [0.1, 0.15) is 5.58 Å². The number of amides is 1. The predicted molar refractivity (Wildman–Crippen MR) is 105 cm³/mol. The lowest BCUT2D eigenvalue weighted by atomic mass is 10.1. The lowest BCUT2D eigenvalue weighted by molar-refractivity contribution is 0.0715. The molecule has 1 aliphatic heterocycles. The molecule has 0 atom stereocenters. The number of carbonyl (C=O) groups is 1. The SMILES string of the molecule is COc1ccnc(N2CCN(C(=O)c3oc4ccc(Br)cc4c3C)CC2)n1. The fourth-order valence-corrected chi connectivity index (χ4v) is 3.61. The Hall–Kier alpha value is -2.61. The van der Waals surface area contributed by atoms with Crippen molar-refractivity contribution in [3.8, 4) is 5.88 Å². The molecule has 1 amide bonds. The normalized spacial score (nSPS) is 14.6. The molecule has 27 heavy (non-hydrogen) atoms. The van der Waals surface area contributed by atoms with Crippen molar-refractivity contribution in [1.29, 1.82) is 0 Å². The molecule has 140 valence electrons. The van der Waals surface area contributed by atoms with Gasteiger partial charge in [0.25, 0.3) is 5.91 Å². The van der Waals surface area contributed by atoms with Gasteiger partial charge in [0.15, 0.2) is 5.76 Å². The number of anilines is 1. The number of methoxy groups -OCH3 is 1. The molecule has 7 nitrogen and oxygen atoms in total. The highest BCUT2D eigenvalue weighted by Crippen LogP contribution is 2.29. The van der Waals surface area contributed by atoms with Gasteiger partial charge in [-0.15, -0.1) is 0 Å². The van der Waals surface area contributed by atoms with Crippen LogP contribution in [-0.2, 0) is 0 Å². The predicted octanol–water partition coefficient (Wildman–Crippen LogP) is 3.26. The van der Waals surface area contributed by atoms with Gasteiger partial charge in [-0.2, -0.15) is 4.98 Å². The number of benzene rings is 1. The van der Waals surface area contributed by atoms with Crippen molar-refractivity contribution in [2.45, 2.75) is 6.92 Å². The summed E-state index contributed by atoms with van der Waals surface area (Å²) in [5.41, 5.74) is 1.59. The van der Waals surface area contributed by atoms with Crippen molar-refractivity contribution in [2.75, 3.05) is 38.2 Å². The minimum absolute atomic E-state index is 0.0777. The third kappa shape index (κ3) is 3.37. The first kappa shape index (κ1) is 17.8. The average molecular weight is 431 g/mol. The molecule has 8 heteroatoms. The number of hydrogen-bond acceptors (Lipinski definition) is 6. The Labute approximate surface area is 165 Å². The number of carbonyl (C=O) groups excluding carboxylic acids is 1. The number of fused-ring (bicyclic) bond motifs is 1. The second-order valence-corrected chi connectivity index (χ2v) is 7.29. The molecule has 0 bridgehead atoms. The van der Waals surface area contributed by atoms with E-state index in [2.05, 4.69) is 30.8 Å². The summed E-state index contributed by atoms with van der Waals surface area (Å²) in [7, 11) is 1.58. The fraction of sp³-hybridized carbons (Fsp3) is 0.316. The number of rotatable bonds is 3. The minimum atomic E-state index is -0.0777. The van der Waals surface area contributed by atoms with Crippen LogP contribution in [0.25, 0.3) is 11.0 Å². The van der Waals surface area contributed by atoms with Gasteiger partial charge in [-0.1, -0.05) is 15.9 Å². The highest BCUT2D eigenvalue weighted by atomic mass is 79.9. The maximum absolute atomic E-state index is 13.0. The van der Waals surface area contributed by atoms with Gasteiger partial charge in [-0.05, 0) is 25.1 Å². The van der Waals surface area contributed by atoms with Crippen LogP contribution in [0.15, 0.2) is 39.4 Å². The first-order valence-corrected chi connectivity index (χ1v) is 9.46. The van der Waals surface area contributed by atoms with E-state index in [0.29, 0.717) is 43.8 Å². The fourth-order valence-electron chi connectivity index (χ4n) is 3.25. The van der Waals surface area contributed by atoms with E-state index in [9.17, 15) is 4.79 Å². The Morgan fingerprint density at radius 3 is 2.74 bits per heavy atom. The van der Waals surface area contributed by atoms with Gasteiger partial charge < -0.3 is 19.0 Å². The zero-order chi connectivity index (χ0) is 19.0. The Bertz CT molecular complexity index is 996. The van der Waals surface area contributed by atoms with Crippen LogP contribution in [0.1, 0.15) is 16.1 Å². The molecule has 3 heterocycles. The van der Waals surface area contributed by atoms with Gasteiger partial charge in [0.05, 0.1) is 7.11 Å². The highest BCUT2D eigenvalue weighted by Gasteiger charge is 2.27. The Balaban J connectivity index is 1.49. The minimum Gasteiger partial charge on any atom is -0.481 e. The molecule has 0 spiro atoms. The molecule has 0 radical (unpaired) electrons. The summed E-state index contributed by atoms with van der Waals surface area (Å²) in [6.45, 7) is 4.40. The third-order valence-electron chi connectivity index (χ3n) is 4.77. The van der Waals surface area contributed by atoms with Crippen LogP contribution in [0.5, 0.6) is 5.88 Å². The Kier molecular flexibility index (Phi) is 4.73. The Morgan fingerprint density at radius 2 is 2.00 bits per heavy atom. The van der Waals surface area contributed by atoms with Crippen LogP contribution in [-0.4, -0.2) is 54.1 Å². The third-order valence-corrected chi connectivity index (χ3v) is 5.26. The molecular formula is C19H19BrN4O3. The summed E-state index contributed by atoms with van der Waals surface area (Å²) in [5.74, 6) is 1.48. The largest absolute Gasteiger partial charge is 0.481 e. The maximum Gasteiger partial charge on any atom is 0.290 e. The monoisotopic (exact) mass is 430 g/mol. The second kappa shape index (κ2) is 7.19. The first-order chi connectivity index (χ1) is 13.1. The number of aromatic nitrogens is 2. The van der Waals surface area contributed by atoms with Crippen LogP contribution >= 0.6 is 15.9 Å². The molecular weight excluding hydrogens is 412 g/mol. The van der Waals surface area contributed by atoms with E-state index in [1.807, 2.05) is 30.0 Å². The quantitative estimate of drug-likeness (QED) is 0.634. The summed E-state index contributed by atoms with van der Waals surface area (Å²) in [6, 6.07) is 7.47. The maximum atomic E-state index is 13.0. The molecule has 1 aromatic carbocycles. The molecule has 1 fully saturated rings. The van der Waals surface area contributed by atoms with E-state index in [0.717, 1.165) is 21.0 Å². The summed E-state index contributed by atoms with van der Waals surface area (Å²) in [4.78, 5) is 25.5. The van der Waals surface area contributed by atoms with Crippen LogP contribution in [0.4, 0.5) is 5.95 Å². The van der Waals surface area contributed by atoms with Gasteiger partial charge in [0, 0.05) is 53.9 Å². The number of nitrogens with zero attached hydrogens (tertiary/aromatic N) is 4. The van der Waals surface area contributed by atoms with Crippen molar-refractivity contribution < 1.29 is 13.9 Å². The summed E-state index contributed by atoms with van der Waals surface area (Å²) < 4.78 is 12.0. The number of ether oxygens (including phenoxy) is 1. The van der Waals surface area contributed by atoms with Crippen molar-refractivity contribution >= 4 is 38.8 Å². The van der Waals surface area contributed by atoms with Gasteiger partial charge >= 0.3 is 0 Å². The number of furan rings is 1. The highest BCUT2D eigenvalue weighted by molar-refractivity contribution is 9.10. The van der Waals surface area contributed by atoms with Crippen LogP contribution in [0, 0.1) is 6.92 Å².